The highest BCUT2D eigenvalue weighted by molar-refractivity contribution is 5.67. The first kappa shape index (κ1) is 13.3. The van der Waals surface area contributed by atoms with Crippen molar-refractivity contribution in [2.24, 2.45) is 0 Å². The minimum Gasteiger partial charge on any atom is -0.450 e. The van der Waals surface area contributed by atoms with Crippen molar-refractivity contribution in [1.29, 1.82) is 0 Å². The molecule has 0 saturated carbocycles. The van der Waals surface area contributed by atoms with Crippen LogP contribution in [0.5, 0.6) is 0 Å². The summed E-state index contributed by atoms with van der Waals surface area (Å²) in [6.45, 7) is 6.02. The fraction of sp³-hybridized carbons (Fsp3) is 0.909. The molecule has 5 heteroatoms. The number of hydrogen-bond acceptors (Lipinski definition) is 4. The van der Waals surface area contributed by atoms with Crippen molar-refractivity contribution >= 4 is 6.09 Å². The third-order valence-electron chi connectivity index (χ3n) is 2.83. The maximum absolute atomic E-state index is 11.5. The van der Waals surface area contributed by atoms with Gasteiger partial charge in [-0.25, -0.2) is 4.79 Å². The second-order valence-electron chi connectivity index (χ2n) is 3.73. The van der Waals surface area contributed by atoms with Crippen molar-refractivity contribution in [2.75, 3.05) is 33.4 Å². The number of hydrogen-bond donors (Lipinski definition) is 0. The minimum atomic E-state index is -0.516. The van der Waals surface area contributed by atoms with E-state index in [0.717, 1.165) is 0 Å². The quantitative estimate of drug-likeness (QED) is 0.690. The lowest BCUT2D eigenvalue weighted by molar-refractivity contribution is -0.239. The van der Waals surface area contributed by atoms with Crippen molar-refractivity contribution in [3.63, 3.8) is 0 Å². The van der Waals surface area contributed by atoms with Crippen molar-refractivity contribution in [3.05, 3.63) is 0 Å². The highest BCUT2D eigenvalue weighted by Gasteiger charge is 2.36. The zero-order chi connectivity index (χ0) is 12.0. The van der Waals surface area contributed by atoms with Crippen LogP contribution in [-0.2, 0) is 14.2 Å². The number of carbonyl (C=O) groups excluding carboxylic acids is 1. The van der Waals surface area contributed by atoms with Crippen LogP contribution in [0.2, 0.25) is 0 Å². The smallest absolute Gasteiger partial charge is 0.409 e. The summed E-state index contributed by atoms with van der Waals surface area (Å²) in [6.07, 6.45) is 1.13. The van der Waals surface area contributed by atoms with E-state index in [1.165, 1.54) is 0 Å². The summed E-state index contributed by atoms with van der Waals surface area (Å²) in [5, 5.41) is 0. The third-order valence-corrected chi connectivity index (χ3v) is 2.83. The van der Waals surface area contributed by atoms with Crippen LogP contribution < -0.4 is 0 Å². The number of ether oxygens (including phenoxy) is 3. The van der Waals surface area contributed by atoms with E-state index in [-0.39, 0.29) is 6.09 Å². The standard InChI is InChI=1S/C11H21NO4/c1-4-15-10(13)12-8-6-11(14-3,7-9-12)16-5-2/h4-9H2,1-3H3. The van der Waals surface area contributed by atoms with Crippen LogP contribution >= 0.6 is 0 Å². The molecule has 94 valence electrons. The van der Waals surface area contributed by atoms with Crippen molar-refractivity contribution in [2.45, 2.75) is 32.5 Å². The van der Waals surface area contributed by atoms with E-state index in [1.54, 1.807) is 12.0 Å². The van der Waals surface area contributed by atoms with Gasteiger partial charge in [-0.15, -0.1) is 0 Å². The molecule has 1 heterocycles. The fourth-order valence-corrected chi connectivity index (χ4v) is 1.92. The molecule has 0 bridgehead atoms. The molecule has 0 aromatic rings. The summed E-state index contributed by atoms with van der Waals surface area (Å²) in [6, 6.07) is 0. The second kappa shape index (κ2) is 6.06. The maximum atomic E-state index is 11.5. The average molecular weight is 231 g/mol. The first-order valence-electron chi connectivity index (χ1n) is 5.78. The molecule has 1 fully saturated rings. The molecule has 0 aromatic carbocycles. The van der Waals surface area contributed by atoms with E-state index in [0.29, 0.717) is 39.1 Å². The van der Waals surface area contributed by atoms with E-state index in [4.69, 9.17) is 14.2 Å². The van der Waals surface area contributed by atoms with Crippen LogP contribution in [0.1, 0.15) is 26.7 Å². The minimum absolute atomic E-state index is 0.247. The highest BCUT2D eigenvalue weighted by atomic mass is 16.7. The van der Waals surface area contributed by atoms with Gasteiger partial charge in [0.1, 0.15) is 0 Å². The number of rotatable bonds is 4. The SMILES string of the molecule is CCOC(=O)N1CCC(OC)(OCC)CC1. The van der Waals surface area contributed by atoms with Gasteiger partial charge in [-0.3, -0.25) is 0 Å². The van der Waals surface area contributed by atoms with Gasteiger partial charge in [-0.05, 0) is 13.8 Å². The lowest BCUT2D eigenvalue weighted by atomic mass is 10.0. The molecule has 0 aliphatic carbocycles. The summed E-state index contributed by atoms with van der Waals surface area (Å²) in [4.78, 5) is 13.2. The molecule has 1 aliphatic rings. The van der Waals surface area contributed by atoms with Crippen LogP contribution in [0.25, 0.3) is 0 Å². The summed E-state index contributed by atoms with van der Waals surface area (Å²) < 4.78 is 16.0. The van der Waals surface area contributed by atoms with Gasteiger partial charge in [-0.2, -0.15) is 0 Å². The van der Waals surface area contributed by atoms with Gasteiger partial charge in [0, 0.05) is 39.6 Å². The Balaban J connectivity index is 2.45. The van der Waals surface area contributed by atoms with Gasteiger partial charge in [0.25, 0.3) is 0 Å². The van der Waals surface area contributed by atoms with Crippen LogP contribution in [-0.4, -0.2) is 50.2 Å². The Morgan fingerprint density at radius 1 is 1.25 bits per heavy atom. The van der Waals surface area contributed by atoms with E-state index in [2.05, 4.69) is 0 Å². The molecular weight excluding hydrogens is 210 g/mol. The summed E-state index contributed by atoms with van der Waals surface area (Å²) >= 11 is 0. The predicted octanol–water partition coefficient (Wildman–Crippen LogP) is 1.62. The molecule has 0 radical (unpaired) electrons. The normalized spacial score (nSPS) is 19.6. The van der Waals surface area contributed by atoms with Crippen molar-refractivity contribution < 1.29 is 19.0 Å². The van der Waals surface area contributed by atoms with E-state index >= 15 is 0 Å². The lowest BCUT2D eigenvalue weighted by Gasteiger charge is -2.39. The fourth-order valence-electron chi connectivity index (χ4n) is 1.92. The molecule has 1 rings (SSSR count). The molecule has 5 nitrogen and oxygen atoms in total. The third kappa shape index (κ3) is 3.09. The molecule has 16 heavy (non-hydrogen) atoms. The van der Waals surface area contributed by atoms with Crippen molar-refractivity contribution in [3.8, 4) is 0 Å². The highest BCUT2D eigenvalue weighted by Crippen LogP contribution is 2.27. The summed E-state index contributed by atoms with van der Waals surface area (Å²) in [5.74, 6) is -0.516. The predicted molar refractivity (Wildman–Crippen MR) is 59.2 cm³/mol. The van der Waals surface area contributed by atoms with Crippen LogP contribution in [0, 0.1) is 0 Å². The maximum Gasteiger partial charge on any atom is 0.409 e. The van der Waals surface area contributed by atoms with Gasteiger partial charge in [0.05, 0.1) is 6.61 Å². The zero-order valence-corrected chi connectivity index (χ0v) is 10.3. The lowest BCUT2D eigenvalue weighted by Crippen LogP contribution is -2.49. The largest absolute Gasteiger partial charge is 0.450 e. The van der Waals surface area contributed by atoms with Crippen LogP contribution in [0.4, 0.5) is 4.79 Å². The molecule has 1 amide bonds. The molecule has 0 spiro atoms. The van der Waals surface area contributed by atoms with Gasteiger partial charge in [-0.1, -0.05) is 0 Å². The van der Waals surface area contributed by atoms with Gasteiger partial charge in [0.15, 0.2) is 5.79 Å². The number of amides is 1. The molecule has 0 unspecified atom stereocenters. The Bertz CT molecular complexity index is 224. The van der Waals surface area contributed by atoms with E-state index in [9.17, 15) is 4.79 Å². The Morgan fingerprint density at radius 3 is 2.31 bits per heavy atom. The molecule has 0 N–H and O–H groups in total. The Hall–Kier alpha value is -0.810. The van der Waals surface area contributed by atoms with Crippen molar-refractivity contribution in [1.82, 2.24) is 4.90 Å². The Kier molecular flexibility index (Phi) is 5.02. The number of methoxy groups -OCH3 is 1. The topological polar surface area (TPSA) is 48.0 Å². The second-order valence-corrected chi connectivity index (χ2v) is 3.73. The molecule has 1 aliphatic heterocycles. The molecular formula is C11H21NO4. The monoisotopic (exact) mass is 231 g/mol. The molecule has 0 atom stereocenters. The number of piperidine rings is 1. The number of likely N-dealkylation sites (tertiary alicyclic amines) is 1. The zero-order valence-electron chi connectivity index (χ0n) is 10.3. The van der Waals surface area contributed by atoms with Gasteiger partial charge < -0.3 is 19.1 Å². The molecule has 0 aromatic heterocycles. The number of nitrogens with zero attached hydrogens (tertiary/aromatic N) is 1. The Morgan fingerprint density at radius 2 is 1.88 bits per heavy atom. The number of carbonyl (C=O) groups is 1. The average Bonchev–Trinajstić information content (AvgIpc) is 2.30. The summed E-state index contributed by atoms with van der Waals surface area (Å²) in [5.41, 5.74) is 0. The van der Waals surface area contributed by atoms with E-state index in [1.807, 2.05) is 13.8 Å². The Labute approximate surface area is 96.6 Å². The van der Waals surface area contributed by atoms with Gasteiger partial charge >= 0.3 is 6.09 Å². The summed E-state index contributed by atoms with van der Waals surface area (Å²) in [7, 11) is 1.65. The van der Waals surface area contributed by atoms with E-state index < -0.39 is 5.79 Å². The first-order valence-corrected chi connectivity index (χ1v) is 5.78. The van der Waals surface area contributed by atoms with Gasteiger partial charge in [0.2, 0.25) is 0 Å². The van der Waals surface area contributed by atoms with Crippen LogP contribution in [0.3, 0.4) is 0 Å². The van der Waals surface area contributed by atoms with Crippen LogP contribution in [0.15, 0.2) is 0 Å². The molecule has 1 saturated heterocycles. The first-order chi connectivity index (χ1) is 7.67.